The highest BCUT2D eigenvalue weighted by atomic mass is 32.2. The van der Waals surface area contributed by atoms with Gasteiger partial charge in [-0.25, -0.2) is 0 Å². The Morgan fingerprint density at radius 2 is 2.00 bits per heavy atom. The first-order chi connectivity index (χ1) is 12.4. The van der Waals surface area contributed by atoms with Gasteiger partial charge in [-0.05, 0) is 30.7 Å². The van der Waals surface area contributed by atoms with Gasteiger partial charge in [0.2, 0.25) is 0 Å². The quantitative estimate of drug-likeness (QED) is 0.360. The highest BCUT2D eigenvalue weighted by Crippen LogP contribution is 2.32. The average molecular weight is 385 g/mol. The van der Waals surface area contributed by atoms with E-state index in [2.05, 4.69) is 5.32 Å². The standard InChI is InChI=1S/C18H15N3O3S2/c1-12-5-7-14(8-6-12)19-11-20-17(22)16(26-18(20)25)10-13-3-2-4-15(9-13)21(23)24/h2-10,19H,11H2,1H3/b16-10+. The van der Waals surface area contributed by atoms with E-state index in [1.54, 1.807) is 18.2 Å². The number of nitro groups is 1. The molecule has 1 amide bonds. The summed E-state index contributed by atoms with van der Waals surface area (Å²) in [6.45, 7) is 2.27. The third kappa shape index (κ3) is 4.09. The van der Waals surface area contributed by atoms with Crippen LogP contribution in [0.15, 0.2) is 53.4 Å². The highest BCUT2D eigenvalue weighted by molar-refractivity contribution is 8.26. The molecule has 3 rings (SSSR count). The zero-order chi connectivity index (χ0) is 18.7. The van der Waals surface area contributed by atoms with Gasteiger partial charge in [-0.15, -0.1) is 0 Å². The second-order valence-electron chi connectivity index (χ2n) is 5.66. The Morgan fingerprint density at radius 1 is 1.27 bits per heavy atom. The number of non-ortho nitro benzene ring substituents is 1. The largest absolute Gasteiger partial charge is 0.367 e. The highest BCUT2D eigenvalue weighted by Gasteiger charge is 2.31. The average Bonchev–Trinajstić information content (AvgIpc) is 2.88. The van der Waals surface area contributed by atoms with E-state index in [-0.39, 0.29) is 18.3 Å². The fourth-order valence-corrected chi connectivity index (χ4v) is 3.61. The SMILES string of the molecule is Cc1ccc(NCN2C(=O)/C(=C\c3cccc([N+](=O)[O-])c3)SC2=S)cc1. The fraction of sp³-hybridized carbons (Fsp3) is 0.111. The summed E-state index contributed by atoms with van der Waals surface area (Å²) in [5.74, 6) is -0.217. The van der Waals surface area contributed by atoms with Crippen molar-refractivity contribution in [1.29, 1.82) is 0 Å². The Kier molecular flexibility index (Phi) is 5.34. The number of aryl methyl sites for hydroxylation is 1. The topological polar surface area (TPSA) is 75.5 Å². The Labute approximate surface area is 160 Å². The number of rotatable bonds is 5. The second-order valence-corrected chi connectivity index (χ2v) is 7.34. The second kappa shape index (κ2) is 7.67. The number of hydrogen-bond donors (Lipinski definition) is 1. The van der Waals surface area contributed by atoms with Crippen molar-refractivity contribution in [1.82, 2.24) is 4.90 Å². The molecule has 2 aromatic carbocycles. The van der Waals surface area contributed by atoms with Crippen LogP contribution in [0.5, 0.6) is 0 Å². The molecule has 1 heterocycles. The number of hydrogen-bond acceptors (Lipinski definition) is 6. The number of thioether (sulfide) groups is 1. The molecule has 0 spiro atoms. The lowest BCUT2D eigenvalue weighted by atomic mass is 10.2. The lowest BCUT2D eigenvalue weighted by Crippen LogP contribution is -2.33. The summed E-state index contributed by atoms with van der Waals surface area (Å²) in [6.07, 6.45) is 1.62. The molecule has 0 bridgehead atoms. The number of nitrogens with one attached hydrogen (secondary N) is 1. The van der Waals surface area contributed by atoms with E-state index in [9.17, 15) is 14.9 Å². The van der Waals surface area contributed by atoms with Crippen LogP contribution in [0, 0.1) is 17.0 Å². The molecule has 1 aliphatic rings. The third-order valence-electron chi connectivity index (χ3n) is 3.75. The first-order valence-corrected chi connectivity index (χ1v) is 8.97. The molecule has 0 atom stereocenters. The van der Waals surface area contributed by atoms with Crippen molar-refractivity contribution in [3.05, 3.63) is 74.7 Å². The molecule has 0 unspecified atom stereocenters. The summed E-state index contributed by atoms with van der Waals surface area (Å²) in [6, 6.07) is 14.0. The smallest absolute Gasteiger partial charge is 0.270 e. The molecule has 6 nitrogen and oxygen atoms in total. The summed E-state index contributed by atoms with van der Waals surface area (Å²) < 4.78 is 0.450. The molecule has 1 N–H and O–H groups in total. The van der Waals surface area contributed by atoms with E-state index in [4.69, 9.17) is 12.2 Å². The van der Waals surface area contributed by atoms with Gasteiger partial charge in [0, 0.05) is 17.8 Å². The van der Waals surface area contributed by atoms with E-state index in [1.165, 1.54) is 28.8 Å². The van der Waals surface area contributed by atoms with Gasteiger partial charge in [-0.2, -0.15) is 0 Å². The number of amides is 1. The molecule has 26 heavy (non-hydrogen) atoms. The van der Waals surface area contributed by atoms with Gasteiger partial charge in [0.25, 0.3) is 11.6 Å². The zero-order valence-corrected chi connectivity index (χ0v) is 15.5. The van der Waals surface area contributed by atoms with Crippen molar-refractivity contribution in [3.8, 4) is 0 Å². The van der Waals surface area contributed by atoms with Crippen molar-refractivity contribution in [2.75, 3.05) is 12.0 Å². The Hall–Kier alpha value is -2.71. The first-order valence-electron chi connectivity index (χ1n) is 7.74. The number of carbonyl (C=O) groups excluding carboxylic acids is 1. The van der Waals surface area contributed by atoms with Crippen LogP contribution in [0.4, 0.5) is 11.4 Å². The predicted octanol–water partition coefficient (Wildman–Crippen LogP) is 4.17. The maximum atomic E-state index is 12.6. The van der Waals surface area contributed by atoms with E-state index in [0.717, 1.165) is 11.3 Å². The number of benzene rings is 2. The van der Waals surface area contributed by atoms with Crippen LogP contribution in [-0.4, -0.2) is 26.7 Å². The molecule has 1 aliphatic heterocycles. The van der Waals surface area contributed by atoms with Crippen molar-refractivity contribution >= 4 is 51.7 Å². The molecule has 1 fully saturated rings. The van der Waals surface area contributed by atoms with Crippen molar-refractivity contribution in [3.63, 3.8) is 0 Å². The monoisotopic (exact) mass is 385 g/mol. The maximum Gasteiger partial charge on any atom is 0.270 e. The zero-order valence-electron chi connectivity index (χ0n) is 13.8. The van der Waals surface area contributed by atoms with Crippen molar-refractivity contribution in [2.45, 2.75) is 6.92 Å². The number of nitrogens with zero attached hydrogens (tertiary/aromatic N) is 2. The van der Waals surface area contributed by atoms with Crippen LogP contribution in [0.25, 0.3) is 6.08 Å². The van der Waals surface area contributed by atoms with Crippen molar-refractivity contribution < 1.29 is 9.72 Å². The van der Waals surface area contributed by atoms with Crippen LogP contribution in [0.2, 0.25) is 0 Å². The predicted molar refractivity (Wildman–Crippen MR) is 108 cm³/mol. The summed E-state index contributed by atoms with van der Waals surface area (Å²) >= 11 is 6.48. The van der Waals surface area contributed by atoms with Crippen LogP contribution < -0.4 is 5.32 Å². The van der Waals surface area contributed by atoms with Gasteiger partial charge in [0.15, 0.2) is 0 Å². The lowest BCUT2D eigenvalue weighted by molar-refractivity contribution is -0.384. The summed E-state index contributed by atoms with van der Waals surface area (Å²) in [5.41, 5.74) is 2.62. The van der Waals surface area contributed by atoms with Gasteiger partial charge < -0.3 is 5.32 Å². The third-order valence-corrected chi connectivity index (χ3v) is 5.12. The van der Waals surface area contributed by atoms with Gasteiger partial charge in [-0.3, -0.25) is 19.8 Å². The maximum absolute atomic E-state index is 12.6. The normalized spacial score (nSPS) is 15.6. The molecule has 0 saturated carbocycles. The molecular formula is C18H15N3O3S2. The Balaban J connectivity index is 1.73. The lowest BCUT2D eigenvalue weighted by Gasteiger charge is -2.16. The molecule has 8 heteroatoms. The van der Waals surface area contributed by atoms with Gasteiger partial charge in [0.05, 0.1) is 16.5 Å². The minimum Gasteiger partial charge on any atom is -0.367 e. The number of nitro benzene ring substituents is 1. The van der Waals surface area contributed by atoms with Crippen LogP contribution in [0.3, 0.4) is 0 Å². The fourth-order valence-electron chi connectivity index (χ4n) is 2.36. The van der Waals surface area contributed by atoms with E-state index in [1.807, 2.05) is 31.2 Å². The molecule has 0 aromatic heterocycles. The molecule has 2 aromatic rings. The van der Waals surface area contributed by atoms with Crippen LogP contribution >= 0.6 is 24.0 Å². The summed E-state index contributed by atoms with van der Waals surface area (Å²) in [5, 5.41) is 14.0. The molecule has 132 valence electrons. The van der Waals surface area contributed by atoms with Gasteiger partial charge in [-0.1, -0.05) is 53.8 Å². The van der Waals surface area contributed by atoms with Gasteiger partial charge in [0.1, 0.15) is 4.32 Å². The van der Waals surface area contributed by atoms with E-state index < -0.39 is 4.92 Å². The van der Waals surface area contributed by atoms with Gasteiger partial charge >= 0.3 is 0 Å². The molecule has 0 aliphatic carbocycles. The number of carbonyl (C=O) groups is 1. The van der Waals surface area contributed by atoms with E-state index >= 15 is 0 Å². The van der Waals surface area contributed by atoms with E-state index in [0.29, 0.717) is 14.8 Å². The first kappa shape index (κ1) is 18.1. The number of thiocarbonyl (C=S) groups is 1. The Bertz CT molecular complexity index is 910. The van der Waals surface area contributed by atoms with Crippen LogP contribution in [0.1, 0.15) is 11.1 Å². The summed E-state index contributed by atoms with van der Waals surface area (Å²) in [4.78, 5) is 24.9. The minimum atomic E-state index is -0.464. The molecular weight excluding hydrogens is 370 g/mol. The van der Waals surface area contributed by atoms with Crippen LogP contribution in [-0.2, 0) is 4.79 Å². The Morgan fingerprint density at radius 3 is 2.69 bits per heavy atom. The molecule has 1 saturated heterocycles. The van der Waals surface area contributed by atoms with Crippen molar-refractivity contribution in [2.24, 2.45) is 0 Å². The minimum absolute atomic E-state index is 0.0183. The molecule has 0 radical (unpaired) electrons. The number of anilines is 1. The summed E-state index contributed by atoms with van der Waals surface area (Å²) in [7, 11) is 0.